The van der Waals surface area contributed by atoms with Crippen molar-refractivity contribution in [3.63, 3.8) is 0 Å². The van der Waals surface area contributed by atoms with Crippen molar-refractivity contribution < 1.29 is 14.6 Å². The molecule has 5 atom stereocenters. The Hall–Kier alpha value is -0.810. The Kier molecular flexibility index (Phi) is 4.38. The van der Waals surface area contributed by atoms with Crippen molar-refractivity contribution in [2.45, 2.75) is 36.9 Å². The maximum absolute atomic E-state index is 12.4. The summed E-state index contributed by atoms with van der Waals surface area (Å²) >= 11 is 12.1. The van der Waals surface area contributed by atoms with Gasteiger partial charge in [-0.3, -0.25) is 9.69 Å². The van der Waals surface area contributed by atoms with Gasteiger partial charge in [0.1, 0.15) is 0 Å². The number of nitrogens with zero attached hydrogens (tertiary/aromatic N) is 1. The van der Waals surface area contributed by atoms with Crippen molar-refractivity contribution >= 4 is 29.2 Å². The molecule has 2 fully saturated rings. The number of carbonyl (C=O) groups is 1. The maximum atomic E-state index is 12.4. The average Bonchev–Trinajstić information content (AvgIpc) is 2.68. The van der Waals surface area contributed by atoms with Gasteiger partial charge in [-0.15, -0.1) is 0 Å². The van der Waals surface area contributed by atoms with Gasteiger partial charge in [0.05, 0.1) is 29.2 Å². The van der Waals surface area contributed by atoms with Gasteiger partial charge in [-0.05, 0) is 37.6 Å². The number of likely N-dealkylation sites (N-methyl/N-ethyl adjacent to an activating group) is 1. The summed E-state index contributed by atoms with van der Waals surface area (Å²) in [5.41, 5.74) is 0.974. The minimum Gasteiger partial charge on any atom is -0.469 e. The third-order valence-corrected chi connectivity index (χ3v) is 5.87. The number of rotatable bonds is 2. The molecule has 2 bridgehead atoms. The van der Waals surface area contributed by atoms with Gasteiger partial charge in [0, 0.05) is 18.0 Å². The van der Waals surface area contributed by atoms with Crippen LogP contribution in [-0.4, -0.2) is 48.3 Å². The lowest BCUT2D eigenvalue weighted by Crippen LogP contribution is -2.51. The number of hydrogen-bond acceptors (Lipinski definition) is 4. The Morgan fingerprint density at radius 3 is 2.68 bits per heavy atom. The van der Waals surface area contributed by atoms with E-state index in [1.165, 1.54) is 7.11 Å². The van der Waals surface area contributed by atoms with Crippen LogP contribution in [0.1, 0.15) is 24.3 Å². The third-order valence-electron chi connectivity index (χ3n) is 5.13. The van der Waals surface area contributed by atoms with Crippen LogP contribution >= 0.6 is 23.2 Å². The highest BCUT2D eigenvalue weighted by Crippen LogP contribution is 2.47. The molecule has 2 aliphatic heterocycles. The van der Waals surface area contributed by atoms with Crippen LogP contribution in [0.4, 0.5) is 0 Å². The fourth-order valence-corrected chi connectivity index (χ4v) is 4.36. The molecule has 0 aliphatic carbocycles. The highest BCUT2D eigenvalue weighted by Gasteiger charge is 2.53. The Bertz CT molecular complexity index is 595. The molecular formula is C16H19Cl2NO3. The molecule has 22 heavy (non-hydrogen) atoms. The monoisotopic (exact) mass is 343 g/mol. The molecule has 0 saturated carbocycles. The Balaban J connectivity index is 2.01. The quantitative estimate of drug-likeness (QED) is 0.838. The van der Waals surface area contributed by atoms with Gasteiger partial charge in [0.2, 0.25) is 0 Å². The molecule has 2 saturated heterocycles. The van der Waals surface area contributed by atoms with Crippen LogP contribution in [0, 0.1) is 5.92 Å². The lowest BCUT2D eigenvalue weighted by Gasteiger charge is -2.42. The van der Waals surface area contributed by atoms with Crippen LogP contribution in [0.3, 0.4) is 0 Å². The molecule has 6 heteroatoms. The van der Waals surface area contributed by atoms with Crippen molar-refractivity contribution in [2.24, 2.45) is 5.92 Å². The number of benzene rings is 1. The van der Waals surface area contributed by atoms with E-state index in [1.54, 1.807) is 6.07 Å². The van der Waals surface area contributed by atoms with Crippen molar-refractivity contribution in [1.29, 1.82) is 0 Å². The second-order valence-electron chi connectivity index (χ2n) is 6.18. The molecular weight excluding hydrogens is 325 g/mol. The van der Waals surface area contributed by atoms with Crippen LogP contribution in [0.25, 0.3) is 0 Å². The van der Waals surface area contributed by atoms with Crippen LogP contribution in [0.5, 0.6) is 0 Å². The zero-order valence-electron chi connectivity index (χ0n) is 12.5. The van der Waals surface area contributed by atoms with E-state index in [0.717, 1.165) is 12.0 Å². The van der Waals surface area contributed by atoms with E-state index < -0.39 is 12.0 Å². The second-order valence-corrected chi connectivity index (χ2v) is 6.99. The fraction of sp³-hybridized carbons (Fsp3) is 0.562. The minimum atomic E-state index is -0.508. The van der Waals surface area contributed by atoms with Gasteiger partial charge in [-0.25, -0.2) is 0 Å². The number of ether oxygens (including phenoxy) is 1. The molecule has 2 unspecified atom stereocenters. The zero-order valence-corrected chi connectivity index (χ0v) is 14.0. The number of halogens is 2. The summed E-state index contributed by atoms with van der Waals surface area (Å²) in [7, 11) is 3.36. The molecule has 120 valence electrons. The number of esters is 1. The third kappa shape index (κ3) is 2.52. The molecule has 2 heterocycles. The summed E-state index contributed by atoms with van der Waals surface area (Å²) in [6.07, 6.45) is 0.973. The lowest BCUT2D eigenvalue weighted by molar-refractivity contribution is -0.151. The van der Waals surface area contributed by atoms with Gasteiger partial charge in [0.25, 0.3) is 0 Å². The predicted molar refractivity (Wildman–Crippen MR) is 85.3 cm³/mol. The summed E-state index contributed by atoms with van der Waals surface area (Å²) in [5, 5.41) is 11.3. The number of aliphatic hydroxyl groups is 1. The molecule has 0 aromatic heterocycles. The smallest absolute Gasteiger partial charge is 0.310 e. The largest absolute Gasteiger partial charge is 0.469 e. The molecule has 1 aromatic rings. The first-order valence-corrected chi connectivity index (χ1v) is 8.12. The maximum Gasteiger partial charge on any atom is 0.310 e. The molecule has 0 spiro atoms. The first-order valence-electron chi connectivity index (χ1n) is 7.36. The molecule has 1 aromatic carbocycles. The van der Waals surface area contributed by atoms with Crippen LogP contribution < -0.4 is 0 Å². The predicted octanol–water partition coefficient (Wildman–Crippen LogP) is 2.70. The first kappa shape index (κ1) is 16.1. The zero-order chi connectivity index (χ0) is 16.0. The highest BCUT2D eigenvalue weighted by molar-refractivity contribution is 6.42. The molecule has 3 rings (SSSR count). The minimum absolute atomic E-state index is 0.0226. The average molecular weight is 344 g/mol. The standard InChI is InChI=1S/C16H19Cl2NO3/c1-19-9-6-10(8-3-4-11(17)12(18)5-8)14(16(21)22-2)15(19)13(20)7-9/h3-5,9-10,13-15,20H,6-7H2,1-2H3/t9?,10-,13-,14-,15?/m0/s1. The molecule has 2 aliphatic rings. The van der Waals surface area contributed by atoms with Crippen LogP contribution in [-0.2, 0) is 9.53 Å². The lowest BCUT2D eigenvalue weighted by atomic mass is 9.76. The first-order chi connectivity index (χ1) is 10.4. The van der Waals surface area contributed by atoms with E-state index in [9.17, 15) is 9.90 Å². The van der Waals surface area contributed by atoms with Gasteiger partial charge in [-0.2, -0.15) is 0 Å². The summed E-state index contributed by atoms with van der Waals surface area (Å²) in [4.78, 5) is 14.5. The molecule has 1 N–H and O–H groups in total. The summed E-state index contributed by atoms with van der Waals surface area (Å²) in [5.74, 6) is -0.709. The number of piperidine rings is 1. The number of fused-ring (bicyclic) bond motifs is 2. The topological polar surface area (TPSA) is 49.8 Å². The van der Waals surface area contributed by atoms with Crippen molar-refractivity contribution in [3.05, 3.63) is 33.8 Å². The van der Waals surface area contributed by atoms with Crippen molar-refractivity contribution in [3.8, 4) is 0 Å². The van der Waals surface area contributed by atoms with Crippen molar-refractivity contribution in [2.75, 3.05) is 14.2 Å². The molecule has 4 nitrogen and oxygen atoms in total. The van der Waals surface area contributed by atoms with E-state index in [2.05, 4.69) is 4.90 Å². The Morgan fingerprint density at radius 2 is 2.05 bits per heavy atom. The van der Waals surface area contributed by atoms with E-state index >= 15 is 0 Å². The fourth-order valence-electron chi connectivity index (χ4n) is 4.06. The number of carbonyl (C=O) groups excluding carboxylic acids is 1. The second kappa shape index (κ2) is 6.00. The normalized spacial score (nSPS) is 34.7. The molecule has 0 amide bonds. The molecule has 0 radical (unpaired) electrons. The highest BCUT2D eigenvalue weighted by atomic mass is 35.5. The van der Waals surface area contributed by atoms with Gasteiger partial charge < -0.3 is 9.84 Å². The number of hydrogen-bond donors (Lipinski definition) is 1. The van der Waals surface area contributed by atoms with Crippen LogP contribution in [0.2, 0.25) is 10.0 Å². The van der Waals surface area contributed by atoms with E-state index in [-0.39, 0.29) is 24.0 Å². The van der Waals surface area contributed by atoms with Gasteiger partial charge >= 0.3 is 5.97 Å². The van der Waals surface area contributed by atoms with Gasteiger partial charge in [-0.1, -0.05) is 29.3 Å². The number of aliphatic hydroxyl groups excluding tert-OH is 1. The van der Waals surface area contributed by atoms with Crippen LogP contribution in [0.15, 0.2) is 18.2 Å². The van der Waals surface area contributed by atoms with E-state index in [1.807, 2.05) is 19.2 Å². The summed E-state index contributed by atoms with van der Waals surface area (Å²) < 4.78 is 5.01. The summed E-state index contributed by atoms with van der Waals surface area (Å²) in [6, 6.07) is 5.53. The van der Waals surface area contributed by atoms with Crippen molar-refractivity contribution in [1.82, 2.24) is 4.90 Å². The Labute approximate surface area is 140 Å². The number of methoxy groups -OCH3 is 1. The Morgan fingerprint density at radius 1 is 1.32 bits per heavy atom. The van der Waals surface area contributed by atoms with E-state index in [0.29, 0.717) is 16.5 Å². The summed E-state index contributed by atoms with van der Waals surface area (Å²) in [6.45, 7) is 0. The SMILES string of the molecule is COC(=O)[C@@H]1C2[C@@H](O)CC(C[C@H]1c1ccc(Cl)c(Cl)c1)N2C. The van der Waals surface area contributed by atoms with Gasteiger partial charge in [0.15, 0.2) is 0 Å². The van der Waals surface area contributed by atoms with E-state index in [4.69, 9.17) is 27.9 Å².